The van der Waals surface area contributed by atoms with Gasteiger partial charge >= 0.3 is 5.97 Å². The molecule has 6 nitrogen and oxygen atoms in total. The van der Waals surface area contributed by atoms with Crippen molar-refractivity contribution in [3.8, 4) is 0 Å². The SMILES string of the molecule is CN(C)Cc1ccccc1COC(=O)c1ccc([N+](=O)[O-])cc1.Cl. The summed E-state index contributed by atoms with van der Waals surface area (Å²) < 4.78 is 5.31. The van der Waals surface area contributed by atoms with Gasteiger partial charge < -0.3 is 9.64 Å². The molecule has 0 radical (unpaired) electrons. The Morgan fingerprint density at radius 1 is 1.08 bits per heavy atom. The van der Waals surface area contributed by atoms with Crippen LogP contribution in [0.1, 0.15) is 21.5 Å². The highest BCUT2D eigenvalue weighted by molar-refractivity contribution is 5.89. The lowest BCUT2D eigenvalue weighted by molar-refractivity contribution is -0.384. The zero-order chi connectivity index (χ0) is 16.8. The van der Waals surface area contributed by atoms with E-state index in [9.17, 15) is 14.9 Å². The van der Waals surface area contributed by atoms with Gasteiger partial charge in [-0.1, -0.05) is 24.3 Å². The number of nitro benzene ring substituents is 1. The summed E-state index contributed by atoms with van der Waals surface area (Å²) in [5, 5.41) is 10.6. The van der Waals surface area contributed by atoms with E-state index in [1.165, 1.54) is 24.3 Å². The number of carbonyl (C=O) groups excluding carboxylic acids is 1. The van der Waals surface area contributed by atoms with E-state index >= 15 is 0 Å². The Morgan fingerprint density at radius 2 is 1.67 bits per heavy atom. The number of non-ortho nitro benzene ring substituents is 1. The Bertz CT molecular complexity index is 702. The molecule has 0 fully saturated rings. The Kier molecular flexibility index (Phi) is 7.35. The Morgan fingerprint density at radius 3 is 2.21 bits per heavy atom. The van der Waals surface area contributed by atoms with Gasteiger partial charge in [0, 0.05) is 18.7 Å². The van der Waals surface area contributed by atoms with Crippen molar-refractivity contribution in [1.82, 2.24) is 4.90 Å². The van der Waals surface area contributed by atoms with Crippen LogP contribution in [0, 0.1) is 10.1 Å². The molecule has 0 spiro atoms. The minimum atomic E-state index is -0.507. The van der Waals surface area contributed by atoms with Gasteiger partial charge in [-0.05, 0) is 37.4 Å². The van der Waals surface area contributed by atoms with Crippen LogP contribution >= 0.6 is 12.4 Å². The standard InChI is InChI=1S/C17H18N2O4.ClH/c1-18(2)11-14-5-3-4-6-15(14)12-23-17(20)13-7-9-16(10-8-13)19(21)22;/h3-10H,11-12H2,1-2H3;1H. The van der Waals surface area contributed by atoms with Crippen molar-refractivity contribution < 1.29 is 14.5 Å². The molecule has 0 saturated heterocycles. The molecule has 0 bridgehead atoms. The molecule has 2 aromatic carbocycles. The fourth-order valence-electron chi connectivity index (χ4n) is 2.14. The number of rotatable bonds is 6. The highest BCUT2D eigenvalue weighted by Gasteiger charge is 2.12. The van der Waals surface area contributed by atoms with Gasteiger partial charge in [0.25, 0.3) is 5.69 Å². The average Bonchev–Trinajstić information content (AvgIpc) is 2.53. The van der Waals surface area contributed by atoms with Crippen molar-refractivity contribution in [2.45, 2.75) is 13.2 Å². The maximum absolute atomic E-state index is 12.0. The monoisotopic (exact) mass is 350 g/mol. The van der Waals surface area contributed by atoms with Gasteiger partial charge in [-0.2, -0.15) is 0 Å². The molecule has 0 amide bonds. The fraction of sp³-hybridized carbons (Fsp3) is 0.235. The molecule has 0 saturated carbocycles. The minimum Gasteiger partial charge on any atom is -0.457 e. The maximum atomic E-state index is 12.0. The van der Waals surface area contributed by atoms with Crippen molar-refractivity contribution in [3.05, 3.63) is 75.3 Å². The molecule has 0 unspecified atom stereocenters. The lowest BCUT2D eigenvalue weighted by Gasteiger charge is -2.14. The highest BCUT2D eigenvalue weighted by atomic mass is 35.5. The van der Waals surface area contributed by atoms with E-state index in [1.54, 1.807) is 0 Å². The normalized spacial score (nSPS) is 10.1. The van der Waals surface area contributed by atoms with Crippen LogP contribution in [0.2, 0.25) is 0 Å². The molecule has 0 aromatic heterocycles. The Labute approximate surface area is 146 Å². The number of ether oxygens (including phenoxy) is 1. The number of nitro groups is 1. The molecule has 0 N–H and O–H groups in total. The van der Waals surface area contributed by atoms with Crippen molar-refractivity contribution >= 4 is 24.1 Å². The summed E-state index contributed by atoms with van der Waals surface area (Å²) in [7, 11) is 3.94. The minimum absolute atomic E-state index is 0. The first-order valence-electron chi connectivity index (χ1n) is 7.10. The summed E-state index contributed by atoms with van der Waals surface area (Å²) in [6.45, 7) is 0.922. The first-order chi connectivity index (χ1) is 11.0. The van der Waals surface area contributed by atoms with E-state index in [0.29, 0.717) is 5.56 Å². The molecule has 0 aliphatic rings. The molecule has 128 valence electrons. The topological polar surface area (TPSA) is 72.7 Å². The molecule has 0 aliphatic heterocycles. The predicted octanol–water partition coefficient (Wildman–Crippen LogP) is 3.44. The first kappa shape index (κ1) is 19.6. The third kappa shape index (κ3) is 5.33. The molecular weight excluding hydrogens is 332 g/mol. The summed E-state index contributed by atoms with van der Waals surface area (Å²) in [6, 6.07) is 13.1. The second-order valence-corrected chi connectivity index (χ2v) is 5.39. The zero-order valence-electron chi connectivity index (χ0n) is 13.5. The van der Waals surface area contributed by atoms with Crippen molar-refractivity contribution in [2.75, 3.05) is 14.1 Å². The lowest BCUT2D eigenvalue weighted by Crippen LogP contribution is -2.13. The number of carbonyl (C=O) groups is 1. The van der Waals surface area contributed by atoms with E-state index < -0.39 is 10.9 Å². The third-order valence-corrected chi connectivity index (χ3v) is 3.28. The van der Waals surface area contributed by atoms with Crippen LogP contribution in [-0.4, -0.2) is 29.9 Å². The molecule has 0 atom stereocenters. The van der Waals surface area contributed by atoms with Crippen LogP contribution in [-0.2, 0) is 17.9 Å². The van der Waals surface area contributed by atoms with Gasteiger partial charge in [0.1, 0.15) is 6.61 Å². The summed E-state index contributed by atoms with van der Waals surface area (Å²) in [4.78, 5) is 24.2. The smallest absolute Gasteiger partial charge is 0.338 e. The molecule has 2 rings (SSSR count). The molecule has 0 aliphatic carbocycles. The second-order valence-electron chi connectivity index (χ2n) is 5.39. The van der Waals surface area contributed by atoms with Crippen molar-refractivity contribution in [1.29, 1.82) is 0 Å². The lowest BCUT2D eigenvalue weighted by atomic mass is 10.1. The first-order valence-corrected chi connectivity index (χ1v) is 7.10. The van der Waals surface area contributed by atoms with Gasteiger partial charge in [0.2, 0.25) is 0 Å². The summed E-state index contributed by atoms with van der Waals surface area (Å²) in [6.07, 6.45) is 0. The quantitative estimate of drug-likeness (QED) is 0.453. The second kappa shape index (κ2) is 9.00. The van der Waals surface area contributed by atoms with E-state index in [4.69, 9.17) is 4.74 Å². The molecule has 0 heterocycles. The van der Waals surface area contributed by atoms with Crippen molar-refractivity contribution in [2.24, 2.45) is 0 Å². The molecular formula is C17H19ClN2O4. The number of esters is 1. The number of benzene rings is 2. The van der Waals surface area contributed by atoms with Crippen molar-refractivity contribution in [3.63, 3.8) is 0 Å². The van der Waals surface area contributed by atoms with Gasteiger partial charge in [-0.25, -0.2) is 4.79 Å². The van der Waals surface area contributed by atoms with Crippen LogP contribution in [0.5, 0.6) is 0 Å². The van der Waals surface area contributed by atoms with Crippen LogP contribution in [0.25, 0.3) is 0 Å². The molecule has 24 heavy (non-hydrogen) atoms. The predicted molar refractivity (Wildman–Crippen MR) is 93.3 cm³/mol. The van der Waals surface area contributed by atoms with Gasteiger partial charge in [0.05, 0.1) is 10.5 Å². The van der Waals surface area contributed by atoms with Crippen LogP contribution in [0.4, 0.5) is 5.69 Å². The van der Waals surface area contributed by atoms with Crippen LogP contribution in [0.15, 0.2) is 48.5 Å². The van der Waals surface area contributed by atoms with Crippen LogP contribution in [0.3, 0.4) is 0 Å². The van der Waals surface area contributed by atoms with Gasteiger partial charge in [0.15, 0.2) is 0 Å². The summed E-state index contributed by atoms with van der Waals surface area (Å²) in [5.74, 6) is -0.500. The number of halogens is 1. The Balaban J connectivity index is 0.00000288. The number of hydrogen-bond donors (Lipinski definition) is 0. The van der Waals surface area contributed by atoms with E-state index in [2.05, 4.69) is 0 Å². The molecule has 7 heteroatoms. The Hall–Kier alpha value is -2.44. The van der Waals surface area contributed by atoms with E-state index in [1.807, 2.05) is 43.3 Å². The fourth-order valence-corrected chi connectivity index (χ4v) is 2.14. The average molecular weight is 351 g/mol. The summed E-state index contributed by atoms with van der Waals surface area (Å²) >= 11 is 0. The number of nitrogens with zero attached hydrogens (tertiary/aromatic N) is 2. The van der Waals surface area contributed by atoms with E-state index in [-0.39, 0.29) is 24.7 Å². The van der Waals surface area contributed by atoms with Gasteiger partial charge in [-0.15, -0.1) is 12.4 Å². The van der Waals surface area contributed by atoms with Gasteiger partial charge in [-0.3, -0.25) is 10.1 Å². The highest BCUT2D eigenvalue weighted by Crippen LogP contribution is 2.15. The largest absolute Gasteiger partial charge is 0.457 e. The zero-order valence-corrected chi connectivity index (χ0v) is 14.3. The van der Waals surface area contributed by atoms with Crippen LogP contribution < -0.4 is 0 Å². The molecule has 2 aromatic rings. The summed E-state index contributed by atoms with van der Waals surface area (Å²) in [5.41, 5.74) is 2.27. The number of hydrogen-bond acceptors (Lipinski definition) is 5. The third-order valence-electron chi connectivity index (χ3n) is 3.28. The maximum Gasteiger partial charge on any atom is 0.338 e. The van der Waals surface area contributed by atoms with E-state index in [0.717, 1.165) is 17.7 Å².